The third-order valence-electron chi connectivity index (χ3n) is 9.46. The summed E-state index contributed by atoms with van der Waals surface area (Å²) in [6.07, 6.45) is 15.5. The number of rotatable bonds is 9. The molecule has 0 aromatic heterocycles. The Morgan fingerprint density at radius 2 is 1.85 bits per heavy atom. The van der Waals surface area contributed by atoms with E-state index in [9.17, 15) is 10.2 Å². The van der Waals surface area contributed by atoms with E-state index < -0.39 is 12.2 Å². The predicted octanol–water partition coefficient (Wildman–Crippen LogP) is 6.59. The second-order valence-electron chi connectivity index (χ2n) is 12.1. The van der Waals surface area contributed by atoms with Crippen molar-refractivity contribution in [3.8, 4) is 0 Å². The van der Waals surface area contributed by atoms with Gasteiger partial charge < -0.3 is 15.3 Å². The molecule has 3 heteroatoms. The molecule has 3 nitrogen and oxygen atoms in total. The van der Waals surface area contributed by atoms with E-state index in [1.54, 1.807) is 5.57 Å². The van der Waals surface area contributed by atoms with Crippen molar-refractivity contribution in [3.63, 3.8) is 0 Å². The fourth-order valence-electron chi connectivity index (χ4n) is 7.49. The summed E-state index contributed by atoms with van der Waals surface area (Å²) in [5.74, 6) is 2.88. The van der Waals surface area contributed by atoms with Crippen molar-refractivity contribution in [3.05, 3.63) is 35.5 Å². The fourth-order valence-corrected chi connectivity index (χ4v) is 7.49. The van der Waals surface area contributed by atoms with Gasteiger partial charge in [0.1, 0.15) is 0 Å². The quantitative estimate of drug-likeness (QED) is 0.365. The Labute approximate surface area is 203 Å². The number of aliphatic hydroxyl groups is 3. The molecule has 0 radical (unpaired) electrons. The van der Waals surface area contributed by atoms with Crippen LogP contribution < -0.4 is 0 Å². The minimum absolute atomic E-state index is 0.0920. The van der Waals surface area contributed by atoms with E-state index in [1.807, 2.05) is 0 Å². The van der Waals surface area contributed by atoms with Crippen molar-refractivity contribution in [1.29, 1.82) is 0 Å². The molecule has 3 N–H and O–H groups in total. The minimum atomic E-state index is -0.718. The molecule has 0 aromatic carbocycles. The number of fused-ring (bicyclic) bond motifs is 1. The Bertz CT molecular complexity index is 720. The third kappa shape index (κ3) is 6.03. The van der Waals surface area contributed by atoms with E-state index in [1.165, 1.54) is 51.4 Å². The van der Waals surface area contributed by atoms with Crippen LogP contribution in [0.2, 0.25) is 0 Å². The largest absolute Gasteiger partial charge is 0.396 e. The minimum Gasteiger partial charge on any atom is -0.396 e. The van der Waals surface area contributed by atoms with Crippen LogP contribution >= 0.6 is 0 Å². The van der Waals surface area contributed by atoms with Gasteiger partial charge in [-0.2, -0.15) is 0 Å². The van der Waals surface area contributed by atoms with Crippen LogP contribution in [0.1, 0.15) is 98.3 Å². The average molecular weight is 459 g/mol. The maximum Gasteiger partial charge on any atom is 0.0839 e. The van der Waals surface area contributed by atoms with Gasteiger partial charge in [0, 0.05) is 12.5 Å². The highest BCUT2D eigenvalue weighted by atomic mass is 16.3. The summed E-state index contributed by atoms with van der Waals surface area (Å²) in [6.45, 7) is 14.0. The van der Waals surface area contributed by atoms with E-state index in [0.717, 1.165) is 28.9 Å². The van der Waals surface area contributed by atoms with Crippen LogP contribution in [-0.2, 0) is 0 Å². The van der Waals surface area contributed by atoms with Gasteiger partial charge in [0.25, 0.3) is 0 Å². The molecule has 3 rings (SSSR count). The van der Waals surface area contributed by atoms with Gasteiger partial charge in [-0.05, 0) is 91.6 Å². The van der Waals surface area contributed by atoms with E-state index in [4.69, 9.17) is 5.11 Å². The van der Waals surface area contributed by atoms with E-state index >= 15 is 0 Å². The smallest absolute Gasteiger partial charge is 0.0839 e. The molecule has 0 heterocycles. The molecular weight excluding hydrogens is 408 g/mol. The van der Waals surface area contributed by atoms with Crippen LogP contribution in [0.3, 0.4) is 0 Å². The summed E-state index contributed by atoms with van der Waals surface area (Å²) in [5, 5.41) is 30.5. The van der Waals surface area contributed by atoms with Crippen LogP contribution in [0, 0.1) is 35.0 Å². The molecule has 3 aliphatic carbocycles. The standard InChI is InChI=1S/C30H50O3/c1-20(2)9-6-10-21(3)26-15-16-27-23(11-7-17-30(26,27)5)13-14-24-19-28(32)25(12-8-18-31)29(33)22(24)4/h13-14,20-21,25-29,31-33H,4,6-12,15-19H2,1-3,5H3/b23-13+,24-14-/t21-,25+,26-,27+,28-,29-,30-/m1/s1. The van der Waals surface area contributed by atoms with Gasteiger partial charge in [0.2, 0.25) is 0 Å². The zero-order chi connectivity index (χ0) is 24.2. The molecule has 0 saturated heterocycles. The Balaban J connectivity index is 1.70. The molecule has 0 aromatic rings. The summed E-state index contributed by atoms with van der Waals surface area (Å²) in [4.78, 5) is 0. The predicted molar refractivity (Wildman–Crippen MR) is 138 cm³/mol. The first-order chi connectivity index (χ1) is 15.7. The van der Waals surface area contributed by atoms with Gasteiger partial charge in [-0.1, -0.05) is 71.3 Å². The van der Waals surface area contributed by atoms with Gasteiger partial charge in [-0.3, -0.25) is 0 Å². The SMILES string of the molecule is C=C1/C(=C\C=C2/CCC[C@]3(C)[C@@H]([C@H](C)CCCC(C)C)CC[C@@H]23)C[C@@H](O)[C@H](CCCO)[C@@H]1O. The van der Waals surface area contributed by atoms with Crippen LogP contribution in [-0.4, -0.2) is 34.1 Å². The molecule has 3 aliphatic rings. The van der Waals surface area contributed by atoms with Crippen molar-refractivity contribution in [2.45, 2.75) is 111 Å². The molecule has 3 saturated carbocycles. The summed E-state index contributed by atoms with van der Waals surface area (Å²) >= 11 is 0. The zero-order valence-corrected chi connectivity index (χ0v) is 21.7. The second-order valence-corrected chi connectivity index (χ2v) is 12.1. The average Bonchev–Trinajstić information content (AvgIpc) is 3.12. The van der Waals surface area contributed by atoms with Crippen molar-refractivity contribution in [2.24, 2.45) is 35.0 Å². The normalized spacial score (nSPS) is 38.3. The van der Waals surface area contributed by atoms with Crippen LogP contribution in [0.15, 0.2) is 35.5 Å². The van der Waals surface area contributed by atoms with Crippen molar-refractivity contribution < 1.29 is 15.3 Å². The first kappa shape index (κ1) is 26.7. The second kappa shape index (κ2) is 11.7. The van der Waals surface area contributed by atoms with Crippen LogP contribution in [0.5, 0.6) is 0 Å². The van der Waals surface area contributed by atoms with Gasteiger partial charge in [0.15, 0.2) is 0 Å². The number of hydrogen-bond donors (Lipinski definition) is 3. The van der Waals surface area contributed by atoms with Gasteiger partial charge >= 0.3 is 0 Å². The molecule has 0 amide bonds. The topological polar surface area (TPSA) is 60.7 Å². The van der Waals surface area contributed by atoms with E-state index in [0.29, 0.717) is 30.6 Å². The Morgan fingerprint density at radius 1 is 1.09 bits per heavy atom. The Morgan fingerprint density at radius 3 is 2.55 bits per heavy atom. The number of allylic oxidation sites excluding steroid dienone is 3. The van der Waals surface area contributed by atoms with Crippen molar-refractivity contribution >= 4 is 0 Å². The molecule has 7 atom stereocenters. The lowest BCUT2D eigenvalue weighted by atomic mass is 9.60. The summed E-state index contributed by atoms with van der Waals surface area (Å²) in [6, 6.07) is 0. The van der Waals surface area contributed by atoms with Crippen LogP contribution in [0.25, 0.3) is 0 Å². The highest BCUT2D eigenvalue weighted by Crippen LogP contribution is 2.60. The van der Waals surface area contributed by atoms with Gasteiger partial charge in [-0.15, -0.1) is 0 Å². The lowest BCUT2D eigenvalue weighted by molar-refractivity contribution is 0.0112. The summed E-state index contributed by atoms with van der Waals surface area (Å²) in [5.41, 5.74) is 3.73. The Hall–Kier alpha value is -0.900. The highest BCUT2D eigenvalue weighted by molar-refractivity contribution is 5.39. The van der Waals surface area contributed by atoms with E-state index in [2.05, 4.69) is 46.4 Å². The lowest BCUT2D eigenvalue weighted by Crippen LogP contribution is -2.38. The fraction of sp³-hybridized carbons (Fsp3) is 0.800. The molecule has 33 heavy (non-hydrogen) atoms. The maximum absolute atomic E-state index is 10.7. The van der Waals surface area contributed by atoms with E-state index in [-0.39, 0.29) is 12.5 Å². The summed E-state index contributed by atoms with van der Waals surface area (Å²) < 4.78 is 0. The molecular formula is C30H50O3. The van der Waals surface area contributed by atoms with Gasteiger partial charge in [-0.25, -0.2) is 0 Å². The first-order valence-electron chi connectivity index (χ1n) is 13.7. The molecule has 0 bridgehead atoms. The number of hydrogen-bond acceptors (Lipinski definition) is 3. The molecule has 0 spiro atoms. The monoisotopic (exact) mass is 458 g/mol. The maximum atomic E-state index is 10.7. The lowest BCUT2D eigenvalue weighted by Gasteiger charge is -2.44. The molecule has 0 aliphatic heterocycles. The van der Waals surface area contributed by atoms with Crippen LogP contribution in [0.4, 0.5) is 0 Å². The highest BCUT2D eigenvalue weighted by Gasteiger charge is 2.50. The zero-order valence-electron chi connectivity index (χ0n) is 21.7. The molecule has 0 unspecified atom stereocenters. The third-order valence-corrected chi connectivity index (χ3v) is 9.46. The molecule has 188 valence electrons. The molecule has 3 fully saturated rings. The summed E-state index contributed by atoms with van der Waals surface area (Å²) in [7, 11) is 0. The first-order valence-corrected chi connectivity index (χ1v) is 13.7. The van der Waals surface area contributed by atoms with Crippen molar-refractivity contribution in [2.75, 3.05) is 6.61 Å². The number of aliphatic hydroxyl groups excluding tert-OH is 3. The Kier molecular flexibility index (Phi) is 9.46. The van der Waals surface area contributed by atoms with Crippen molar-refractivity contribution in [1.82, 2.24) is 0 Å². The van der Waals surface area contributed by atoms with Gasteiger partial charge in [0.05, 0.1) is 12.2 Å².